The molecule has 0 radical (unpaired) electrons. The van der Waals surface area contributed by atoms with Gasteiger partial charge in [-0.1, -0.05) is 48.5 Å². The second-order valence-corrected chi connectivity index (χ2v) is 5.33. The maximum Gasteiger partial charge on any atom is 0.340 e. The first kappa shape index (κ1) is 15.8. The molecule has 0 unspecified atom stereocenters. The molecular formula is C19H17NO4. The normalized spacial score (nSPS) is 10.5. The van der Waals surface area contributed by atoms with E-state index in [0.29, 0.717) is 5.56 Å². The van der Waals surface area contributed by atoms with E-state index >= 15 is 0 Å². The third-order valence-electron chi connectivity index (χ3n) is 3.74. The molecule has 5 nitrogen and oxygen atoms in total. The van der Waals surface area contributed by atoms with Crippen molar-refractivity contribution in [1.82, 2.24) is 4.57 Å². The third-order valence-corrected chi connectivity index (χ3v) is 3.74. The lowest BCUT2D eigenvalue weighted by atomic mass is 10.2. The molecule has 1 heterocycles. The first-order chi connectivity index (χ1) is 11.7. The fourth-order valence-corrected chi connectivity index (χ4v) is 2.57. The largest absolute Gasteiger partial charge is 0.465 e. The zero-order valence-electron chi connectivity index (χ0n) is 13.3. The average Bonchev–Trinajstić information content (AvgIpc) is 2.99. The molecule has 24 heavy (non-hydrogen) atoms. The van der Waals surface area contributed by atoms with Gasteiger partial charge in [0.2, 0.25) is 0 Å². The smallest absolute Gasteiger partial charge is 0.340 e. The molecule has 0 aliphatic heterocycles. The second kappa shape index (κ2) is 7.00. The van der Waals surface area contributed by atoms with Gasteiger partial charge in [0.25, 0.3) is 0 Å². The summed E-state index contributed by atoms with van der Waals surface area (Å²) in [5, 5.41) is 0.750. The number of aromatic nitrogens is 1. The summed E-state index contributed by atoms with van der Waals surface area (Å²) in [4.78, 5) is 24.0. The van der Waals surface area contributed by atoms with Gasteiger partial charge >= 0.3 is 11.9 Å². The first-order valence-corrected chi connectivity index (χ1v) is 7.55. The Hall–Kier alpha value is -3.08. The van der Waals surface area contributed by atoms with Gasteiger partial charge in [-0.05, 0) is 11.6 Å². The van der Waals surface area contributed by atoms with Gasteiger partial charge < -0.3 is 14.0 Å². The molecule has 0 bridgehead atoms. The van der Waals surface area contributed by atoms with Gasteiger partial charge in [-0.25, -0.2) is 4.79 Å². The van der Waals surface area contributed by atoms with Gasteiger partial charge in [-0.15, -0.1) is 0 Å². The molecule has 0 atom stereocenters. The number of carbonyl (C=O) groups is 2. The lowest BCUT2D eigenvalue weighted by Crippen LogP contribution is -2.13. The van der Waals surface area contributed by atoms with Crippen molar-refractivity contribution in [1.29, 1.82) is 0 Å². The van der Waals surface area contributed by atoms with E-state index in [1.807, 2.05) is 54.6 Å². The second-order valence-electron chi connectivity index (χ2n) is 5.33. The van der Waals surface area contributed by atoms with E-state index in [9.17, 15) is 9.59 Å². The molecule has 0 N–H and O–H groups in total. The van der Waals surface area contributed by atoms with E-state index in [0.717, 1.165) is 16.5 Å². The van der Waals surface area contributed by atoms with Gasteiger partial charge in [0, 0.05) is 17.1 Å². The molecule has 1 aromatic heterocycles. The number of esters is 2. The van der Waals surface area contributed by atoms with E-state index in [1.54, 1.807) is 10.8 Å². The minimum atomic E-state index is -0.428. The highest BCUT2D eigenvalue weighted by atomic mass is 16.5. The highest BCUT2D eigenvalue weighted by molar-refractivity contribution is 6.04. The van der Waals surface area contributed by atoms with Crippen LogP contribution in [0.25, 0.3) is 10.9 Å². The van der Waals surface area contributed by atoms with Gasteiger partial charge in [0.15, 0.2) is 0 Å². The third kappa shape index (κ3) is 3.30. The SMILES string of the molecule is COC(=O)c1cn(CC(=O)OCc2ccccc2)c2ccccc12. The monoisotopic (exact) mass is 323 g/mol. The van der Waals surface area contributed by atoms with Crippen molar-refractivity contribution >= 4 is 22.8 Å². The Kier molecular flexibility index (Phi) is 4.61. The molecule has 0 aliphatic rings. The Bertz CT molecular complexity index is 867. The number of para-hydroxylation sites is 1. The quantitative estimate of drug-likeness (QED) is 0.677. The summed E-state index contributed by atoms with van der Waals surface area (Å²) < 4.78 is 11.8. The van der Waals surface area contributed by atoms with E-state index < -0.39 is 5.97 Å². The molecule has 3 aromatic rings. The summed E-state index contributed by atoms with van der Waals surface area (Å²) in [6, 6.07) is 16.9. The van der Waals surface area contributed by atoms with Gasteiger partial charge in [-0.3, -0.25) is 4.79 Å². The van der Waals surface area contributed by atoms with Crippen LogP contribution in [-0.4, -0.2) is 23.6 Å². The predicted molar refractivity (Wildman–Crippen MR) is 89.5 cm³/mol. The summed E-state index contributed by atoms with van der Waals surface area (Å²) in [6.45, 7) is 0.257. The number of ether oxygens (including phenoxy) is 2. The summed E-state index contributed by atoms with van der Waals surface area (Å²) in [7, 11) is 1.34. The summed E-state index contributed by atoms with van der Waals surface area (Å²) >= 11 is 0. The molecule has 0 aliphatic carbocycles. The van der Waals surface area contributed by atoms with Crippen molar-refractivity contribution in [2.45, 2.75) is 13.2 Å². The Morgan fingerprint density at radius 1 is 1.00 bits per heavy atom. The highest BCUT2D eigenvalue weighted by Crippen LogP contribution is 2.22. The fraction of sp³-hybridized carbons (Fsp3) is 0.158. The van der Waals surface area contributed by atoms with Crippen LogP contribution in [0, 0.1) is 0 Å². The van der Waals surface area contributed by atoms with Crippen LogP contribution in [0.5, 0.6) is 0 Å². The number of methoxy groups -OCH3 is 1. The molecule has 122 valence electrons. The van der Waals surface area contributed by atoms with Crippen LogP contribution >= 0.6 is 0 Å². The first-order valence-electron chi connectivity index (χ1n) is 7.55. The van der Waals surface area contributed by atoms with Crippen LogP contribution in [0.1, 0.15) is 15.9 Å². The number of fused-ring (bicyclic) bond motifs is 1. The number of rotatable bonds is 5. The fourth-order valence-electron chi connectivity index (χ4n) is 2.57. The maximum absolute atomic E-state index is 12.1. The minimum Gasteiger partial charge on any atom is -0.465 e. The van der Waals surface area contributed by atoms with Crippen molar-refractivity contribution in [3.63, 3.8) is 0 Å². The molecule has 5 heteroatoms. The molecule has 0 fully saturated rings. The van der Waals surface area contributed by atoms with Gasteiger partial charge in [0.05, 0.1) is 12.7 Å². The van der Waals surface area contributed by atoms with E-state index in [-0.39, 0.29) is 19.1 Å². The molecular weight excluding hydrogens is 306 g/mol. The Morgan fingerprint density at radius 2 is 1.71 bits per heavy atom. The molecule has 0 spiro atoms. The molecule has 0 saturated carbocycles. The number of nitrogens with zero attached hydrogens (tertiary/aromatic N) is 1. The Balaban J connectivity index is 1.77. The van der Waals surface area contributed by atoms with Crippen LogP contribution in [-0.2, 0) is 27.4 Å². The van der Waals surface area contributed by atoms with Crippen LogP contribution in [0.4, 0.5) is 0 Å². The Morgan fingerprint density at radius 3 is 2.46 bits per heavy atom. The molecule has 0 saturated heterocycles. The van der Waals surface area contributed by atoms with Crippen molar-refractivity contribution < 1.29 is 19.1 Å². The van der Waals surface area contributed by atoms with E-state index in [4.69, 9.17) is 9.47 Å². The lowest BCUT2D eigenvalue weighted by Gasteiger charge is -2.07. The van der Waals surface area contributed by atoms with Gasteiger partial charge in [0.1, 0.15) is 13.2 Å². The van der Waals surface area contributed by atoms with E-state index in [1.165, 1.54) is 7.11 Å². The molecule has 2 aromatic carbocycles. The Labute approximate surface area is 139 Å². The zero-order valence-corrected chi connectivity index (χ0v) is 13.3. The molecule has 0 amide bonds. The highest BCUT2D eigenvalue weighted by Gasteiger charge is 2.16. The van der Waals surface area contributed by atoms with E-state index in [2.05, 4.69) is 0 Å². The zero-order chi connectivity index (χ0) is 16.9. The summed E-state index contributed by atoms with van der Waals surface area (Å²) in [5.41, 5.74) is 2.15. The van der Waals surface area contributed by atoms with Gasteiger partial charge in [-0.2, -0.15) is 0 Å². The van der Waals surface area contributed by atoms with Crippen LogP contribution in [0.3, 0.4) is 0 Å². The standard InChI is InChI=1S/C19H17NO4/c1-23-19(22)16-11-20(17-10-6-5-9-15(16)17)12-18(21)24-13-14-7-3-2-4-8-14/h2-11H,12-13H2,1H3. The molecule has 3 rings (SSSR count). The van der Waals surface area contributed by atoms with Crippen molar-refractivity contribution in [3.05, 3.63) is 71.9 Å². The maximum atomic E-state index is 12.1. The topological polar surface area (TPSA) is 57.5 Å². The van der Waals surface area contributed by atoms with Crippen molar-refractivity contribution in [2.24, 2.45) is 0 Å². The summed E-state index contributed by atoms with van der Waals surface area (Å²) in [5.74, 6) is -0.793. The summed E-state index contributed by atoms with van der Waals surface area (Å²) in [6.07, 6.45) is 1.63. The lowest BCUT2D eigenvalue weighted by molar-refractivity contribution is -0.145. The number of carbonyl (C=O) groups excluding carboxylic acids is 2. The van der Waals surface area contributed by atoms with Crippen molar-refractivity contribution in [2.75, 3.05) is 7.11 Å². The minimum absolute atomic E-state index is 0.0321. The number of benzene rings is 2. The number of hydrogen-bond acceptors (Lipinski definition) is 4. The van der Waals surface area contributed by atoms with Crippen LogP contribution in [0.15, 0.2) is 60.8 Å². The number of hydrogen-bond donors (Lipinski definition) is 0. The average molecular weight is 323 g/mol. The van der Waals surface area contributed by atoms with Crippen LogP contribution in [0.2, 0.25) is 0 Å². The van der Waals surface area contributed by atoms with Crippen LogP contribution < -0.4 is 0 Å². The van der Waals surface area contributed by atoms with Crippen molar-refractivity contribution in [3.8, 4) is 0 Å². The predicted octanol–water partition coefficient (Wildman–Crippen LogP) is 3.17.